The van der Waals surface area contributed by atoms with Crippen LogP contribution in [0.4, 0.5) is 16.3 Å². The van der Waals surface area contributed by atoms with Crippen molar-refractivity contribution in [1.29, 1.82) is 0 Å². The van der Waals surface area contributed by atoms with Crippen molar-refractivity contribution in [3.8, 4) is 0 Å². The van der Waals surface area contributed by atoms with Crippen LogP contribution in [0.5, 0.6) is 0 Å². The lowest BCUT2D eigenvalue weighted by Gasteiger charge is -2.19. The average Bonchev–Trinajstić information content (AvgIpc) is 2.94. The molecular weight excluding hydrogens is 446 g/mol. The highest BCUT2D eigenvalue weighted by atomic mass is 16.6. The van der Waals surface area contributed by atoms with Gasteiger partial charge in [0.05, 0.1) is 0 Å². The molecule has 0 saturated carbocycles. The van der Waals surface area contributed by atoms with Gasteiger partial charge >= 0.3 is 12.1 Å². The van der Waals surface area contributed by atoms with Crippen LogP contribution in [0, 0.1) is 6.92 Å². The number of pyridine rings is 1. The molecule has 0 radical (unpaired) electrons. The van der Waals surface area contributed by atoms with Crippen LogP contribution >= 0.6 is 0 Å². The number of rotatable bonds is 5. The Morgan fingerprint density at radius 3 is 2.31 bits per heavy atom. The lowest BCUT2D eigenvalue weighted by atomic mass is 10.0. The zero-order valence-corrected chi connectivity index (χ0v) is 20.4. The third-order valence-electron chi connectivity index (χ3n) is 4.93. The van der Waals surface area contributed by atoms with Crippen LogP contribution in [0.15, 0.2) is 65.8 Å². The summed E-state index contributed by atoms with van der Waals surface area (Å²) in [4.78, 5) is 40.3. The number of ether oxygens (including phenoxy) is 1. The number of allylic oxidation sites excluding steroid dienone is 5. The van der Waals surface area contributed by atoms with E-state index in [1.807, 2.05) is 31.2 Å². The topological polar surface area (TPSA) is 118 Å². The molecule has 1 aromatic carbocycles. The highest BCUT2D eigenvalue weighted by Gasteiger charge is 2.18. The molecule has 2 aromatic rings. The molecule has 35 heavy (non-hydrogen) atoms. The highest BCUT2D eigenvalue weighted by molar-refractivity contribution is 6.06. The van der Waals surface area contributed by atoms with Crippen molar-refractivity contribution in [3.63, 3.8) is 0 Å². The molecule has 0 bridgehead atoms. The monoisotopic (exact) mass is 475 g/mol. The number of carbonyl (C=O) groups excluding carboxylic acids is 2. The number of carboxylic acid groups (broad SMARTS) is 1. The molecule has 2 amide bonds. The summed E-state index contributed by atoms with van der Waals surface area (Å²) in [5.74, 6) is -1.34. The Bertz CT molecular complexity index is 1250. The number of anilines is 2. The second-order valence-corrected chi connectivity index (χ2v) is 9.36. The zero-order chi connectivity index (χ0) is 25.8. The quantitative estimate of drug-likeness (QED) is 0.508. The third-order valence-corrected chi connectivity index (χ3v) is 4.93. The molecule has 182 valence electrons. The van der Waals surface area contributed by atoms with Gasteiger partial charge in [-0.2, -0.15) is 0 Å². The number of hydrogen-bond donors (Lipinski definition) is 3. The molecule has 0 atom stereocenters. The molecule has 1 aliphatic carbocycles. The Morgan fingerprint density at radius 1 is 1.00 bits per heavy atom. The van der Waals surface area contributed by atoms with Gasteiger partial charge in [-0.05, 0) is 88.1 Å². The smallest absolute Gasteiger partial charge is 0.412 e. The summed E-state index contributed by atoms with van der Waals surface area (Å²) in [5, 5.41) is 14.7. The fourth-order valence-electron chi connectivity index (χ4n) is 3.41. The minimum Gasteiger partial charge on any atom is -0.477 e. The maximum Gasteiger partial charge on any atom is 0.412 e. The van der Waals surface area contributed by atoms with Gasteiger partial charge in [0, 0.05) is 11.3 Å². The molecule has 8 nitrogen and oxygen atoms in total. The van der Waals surface area contributed by atoms with E-state index in [2.05, 4.69) is 15.6 Å². The number of nitrogens with one attached hydrogen (secondary N) is 2. The van der Waals surface area contributed by atoms with Gasteiger partial charge in [0.25, 0.3) is 5.91 Å². The Morgan fingerprint density at radius 2 is 1.69 bits per heavy atom. The first kappa shape index (κ1) is 25.4. The second kappa shape index (κ2) is 10.4. The van der Waals surface area contributed by atoms with E-state index < -0.39 is 17.7 Å². The van der Waals surface area contributed by atoms with Crippen LogP contribution in [0.3, 0.4) is 0 Å². The van der Waals surface area contributed by atoms with Crippen molar-refractivity contribution in [2.24, 2.45) is 0 Å². The second-order valence-electron chi connectivity index (χ2n) is 9.36. The van der Waals surface area contributed by atoms with E-state index in [1.54, 1.807) is 52.0 Å². The fourth-order valence-corrected chi connectivity index (χ4v) is 3.41. The van der Waals surface area contributed by atoms with Crippen LogP contribution in [0.1, 0.15) is 55.7 Å². The van der Waals surface area contributed by atoms with Crippen LogP contribution in [-0.4, -0.2) is 33.7 Å². The first-order valence-corrected chi connectivity index (χ1v) is 11.1. The predicted molar refractivity (Wildman–Crippen MR) is 135 cm³/mol. The predicted octanol–water partition coefficient (Wildman–Crippen LogP) is 5.73. The van der Waals surface area contributed by atoms with E-state index in [-0.39, 0.29) is 17.4 Å². The molecule has 8 heteroatoms. The van der Waals surface area contributed by atoms with Crippen LogP contribution < -0.4 is 10.6 Å². The van der Waals surface area contributed by atoms with Crippen molar-refractivity contribution < 1.29 is 24.2 Å². The summed E-state index contributed by atoms with van der Waals surface area (Å²) in [7, 11) is 0. The molecule has 1 aromatic heterocycles. The number of hydrogen-bond acceptors (Lipinski definition) is 5. The van der Waals surface area contributed by atoms with Crippen LogP contribution in [-0.2, 0) is 9.53 Å². The Balaban J connectivity index is 1.80. The molecule has 0 aliphatic heterocycles. The molecular formula is C27H29N3O5. The number of aromatic carboxylic acids is 1. The van der Waals surface area contributed by atoms with Gasteiger partial charge in [-0.3, -0.25) is 10.1 Å². The molecule has 0 fully saturated rings. The van der Waals surface area contributed by atoms with Gasteiger partial charge in [-0.1, -0.05) is 29.9 Å². The first-order valence-electron chi connectivity index (χ1n) is 11.1. The minimum absolute atomic E-state index is 0.133. The van der Waals surface area contributed by atoms with Crippen molar-refractivity contribution in [1.82, 2.24) is 4.98 Å². The minimum atomic E-state index is -1.16. The molecule has 0 saturated heterocycles. The summed E-state index contributed by atoms with van der Waals surface area (Å²) in [5.41, 5.74) is 3.73. The van der Waals surface area contributed by atoms with E-state index >= 15 is 0 Å². The van der Waals surface area contributed by atoms with Gasteiger partial charge in [-0.15, -0.1) is 0 Å². The zero-order valence-electron chi connectivity index (χ0n) is 20.4. The van der Waals surface area contributed by atoms with Gasteiger partial charge in [0.2, 0.25) is 0 Å². The van der Waals surface area contributed by atoms with Crippen LogP contribution in [0.25, 0.3) is 5.57 Å². The number of benzene rings is 1. The lowest BCUT2D eigenvalue weighted by molar-refractivity contribution is -0.113. The number of amides is 2. The molecule has 0 unspecified atom stereocenters. The Labute approximate surface area is 204 Å². The summed E-state index contributed by atoms with van der Waals surface area (Å²) < 4.78 is 5.27. The van der Waals surface area contributed by atoms with Crippen molar-refractivity contribution in [3.05, 3.63) is 82.6 Å². The number of aromatic nitrogens is 1. The number of carbonyl (C=O) groups is 3. The third kappa shape index (κ3) is 7.40. The maximum absolute atomic E-state index is 13.0. The van der Waals surface area contributed by atoms with Gasteiger partial charge in [-0.25, -0.2) is 14.6 Å². The van der Waals surface area contributed by atoms with E-state index in [0.29, 0.717) is 23.2 Å². The first-order chi connectivity index (χ1) is 16.4. The standard InChI is InChI=1S/C27H29N3O5/c1-16-6-7-19(18-8-10-21(11-9-18)28-26(34)35-27(3,4)5)15-20(12-16)24(31)30-23-14-17(2)13-22(29-23)25(32)33/h6-11,13-15H,12H2,1-5H3,(H,28,34)(H,32,33)(H,29,30,31). The van der Waals surface area contributed by atoms with Gasteiger partial charge in [0.15, 0.2) is 5.69 Å². The van der Waals surface area contributed by atoms with Crippen molar-refractivity contribution in [2.45, 2.75) is 46.6 Å². The van der Waals surface area contributed by atoms with E-state index in [9.17, 15) is 19.5 Å². The fraction of sp³-hybridized carbons (Fsp3) is 0.259. The molecule has 1 aliphatic rings. The molecule has 1 heterocycles. The van der Waals surface area contributed by atoms with Gasteiger partial charge in [0.1, 0.15) is 11.4 Å². The normalized spacial score (nSPS) is 13.6. The molecule has 0 spiro atoms. The molecule has 3 N–H and O–H groups in total. The number of nitrogens with zero attached hydrogens (tertiary/aromatic N) is 1. The summed E-state index contributed by atoms with van der Waals surface area (Å²) in [6.45, 7) is 9.06. The SMILES string of the molecule is CC1=CC=C(c2ccc(NC(=O)OC(C)(C)C)cc2)C=C(C(=O)Nc2cc(C)cc(C(=O)O)n2)C1. The van der Waals surface area contributed by atoms with E-state index in [0.717, 1.165) is 16.7 Å². The Hall–Kier alpha value is -4.20. The Kier molecular flexibility index (Phi) is 7.54. The maximum atomic E-state index is 13.0. The number of aryl methyl sites for hydroxylation is 1. The van der Waals surface area contributed by atoms with Crippen molar-refractivity contribution in [2.75, 3.05) is 10.6 Å². The summed E-state index contributed by atoms with van der Waals surface area (Å²) >= 11 is 0. The van der Waals surface area contributed by atoms with E-state index in [1.165, 1.54) is 6.07 Å². The van der Waals surface area contributed by atoms with E-state index in [4.69, 9.17) is 4.74 Å². The summed E-state index contributed by atoms with van der Waals surface area (Å²) in [6, 6.07) is 10.3. The van der Waals surface area contributed by atoms with Gasteiger partial charge < -0.3 is 15.2 Å². The molecule has 3 rings (SSSR count). The van der Waals surface area contributed by atoms with Crippen LogP contribution in [0.2, 0.25) is 0 Å². The number of carboxylic acids is 1. The largest absolute Gasteiger partial charge is 0.477 e. The lowest BCUT2D eigenvalue weighted by Crippen LogP contribution is -2.27. The highest BCUT2D eigenvalue weighted by Crippen LogP contribution is 2.26. The van der Waals surface area contributed by atoms with Crippen molar-refractivity contribution >= 4 is 35.0 Å². The average molecular weight is 476 g/mol. The summed E-state index contributed by atoms with van der Waals surface area (Å²) in [6.07, 6.45) is 5.58.